The van der Waals surface area contributed by atoms with E-state index < -0.39 is 6.10 Å². The zero-order chi connectivity index (χ0) is 41.2. The Labute approximate surface area is 348 Å². The predicted octanol–water partition coefficient (Wildman–Crippen LogP) is 15.8. The number of hydrogen-bond donors (Lipinski definition) is 0. The molecule has 0 heterocycles. The highest BCUT2D eigenvalue weighted by atomic mass is 16.6. The Kier molecular flexibility index (Phi) is 41.8. The summed E-state index contributed by atoms with van der Waals surface area (Å²) in [6.07, 6.45) is 42.3. The van der Waals surface area contributed by atoms with E-state index in [0.29, 0.717) is 19.3 Å². The van der Waals surface area contributed by atoms with Gasteiger partial charge in [-0.25, -0.2) is 0 Å². The third-order valence-corrected chi connectivity index (χ3v) is 11.9. The van der Waals surface area contributed by atoms with Gasteiger partial charge in [0.15, 0.2) is 6.10 Å². The normalized spacial score (nSPS) is 13.0. The van der Waals surface area contributed by atoms with Crippen LogP contribution < -0.4 is 0 Å². The lowest BCUT2D eigenvalue weighted by molar-refractivity contribution is -0.167. The Morgan fingerprint density at radius 1 is 0.357 bits per heavy atom. The Bertz CT molecular complexity index is 858. The van der Waals surface area contributed by atoms with Crippen LogP contribution in [0.15, 0.2) is 0 Å². The zero-order valence-corrected chi connectivity index (χ0v) is 38.3. The molecule has 0 saturated carbocycles. The molecule has 0 fully saturated rings. The van der Waals surface area contributed by atoms with Crippen LogP contribution in [0, 0.1) is 11.8 Å². The van der Waals surface area contributed by atoms with Crippen LogP contribution in [-0.4, -0.2) is 37.2 Å². The van der Waals surface area contributed by atoms with Gasteiger partial charge in [0.05, 0.1) is 0 Å². The van der Waals surface area contributed by atoms with Crippen molar-refractivity contribution < 1.29 is 28.6 Å². The smallest absolute Gasteiger partial charge is 0.306 e. The lowest BCUT2D eigenvalue weighted by Gasteiger charge is -2.18. The molecule has 6 heteroatoms. The van der Waals surface area contributed by atoms with E-state index in [2.05, 4.69) is 34.6 Å². The largest absolute Gasteiger partial charge is 0.462 e. The van der Waals surface area contributed by atoms with Crippen LogP contribution in [0.25, 0.3) is 0 Å². The van der Waals surface area contributed by atoms with Gasteiger partial charge < -0.3 is 14.2 Å². The van der Waals surface area contributed by atoms with Crippen molar-refractivity contribution in [2.75, 3.05) is 13.2 Å². The van der Waals surface area contributed by atoms with E-state index >= 15 is 0 Å². The summed E-state index contributed by atoms with van der Waals surface area (Å²) in [4.78, 5) is 37.8. The molecule has 0 aliphatic rings. The van der Waals surface area contributed by atoms with E-state index in [1.54, 1.807) is 0 Å². The van der Waals surface area contributed by atoms with Gasteiger partial charge in [-0.15, -0.1) is 0 Å². The summed E-state index contributed by atoms with van der Waals surface area (Å²) in [7, 11) is 0. The Hall–Kier alpha value is -1.59. The van der Waals surface area contributed by atoms with Gasteiger partial charge in [-0.3, -0.25) is 14.4 Å². The summed E-state index contributed by atoms with van der Waals surface area (Å²) in [6.45, 7) is 11.4. The van der Waals surface area contributed by atoms with E-state index in [1.807, 2.05) is 0 Å². The second kappa shape index (κ2) is 43.0. The van der Waals surface area contributed by atoms with Gasteiger partial charge in [0.2, 0.25) is 0 Å². The van der Waals surface area contributed by atoms with Gasteiger partial charge in [0.1, 0.15) is 13.2 Å². The molecule has 332 valence electrons. The minimum Gasteiger partial charge on any atom is -0.462 e. The Morgan fingerprint density at radius 2 is 0.625 bits per heavy atom. The molecule has 0 aliphatic carbocycles. The van der Waals surface area contributed by atoms with E-state index in [0.717, 1.165) is 69.6 Å². The maximum absolute atomic E-state index is 12.7. The molecule has 0 bridgehead atoms. The van der Waals surface area contributed by atoms with Crippen molar-refractivity contribution in [3.05, 3.63) is 0 Å². The highest BCUT2D eigenvalue weighted by molar-refractivity contribution is 5.71. The lowest BCUT2D eigenvalue weighted by Crippen LogP contribution is -2.30. The Balaban J connectivity index is 4.25. The first-order valence-corrected chi connectivity index (χ1v) is 24.8. The van der Waals surface area contributed by atoms with Crippen molar-refractivity contribution in [2.24, 2.45) is 11.8 Å². The first kappa shape index (κ1) is 54.4. The van der Waals surface area contributed by atoms with E-state index in [9.17, 15) is 14.4 Å². The molecule has 0 aromatic carbocycles. The number of esters is 3. The van der Waals surface area contributed by atoms with Crippen molar-refractivity contribution in [2.45, 2.75) is 278 Å². The summed E-state index contributed by atoms with van der Waals surface area (Å²) in [5.74, 6) is 0.854. The summed E-state index contributed by atoms with van der Waals surface area (Å²) in [5.41, 5.74) is 0. The first-order chi connectivity index (χ1) is 27.3. The quantitative estimate of drug-likeness (QED) is 0.0347. The van der Waals surface area contributed by atoms with Crippen LogP contribution in [0.1, 0.15) is 272 Å². The maximum atomic E-state index is 12.7. The monoisotopic (exact) mass is 793 g/mol. The van der Waals surface area contributed by atoms with Gasteiger partial charge in [-0.1, -0.05) is 234 Å². The number of unbranched alkanes of at least 4 members (excludes halogenated alkanes) is 27. The average molecular weight is 793 g/mol. The number of carbonyl (C=O) groups is 3. The minimum atomic E-state index is -0.761. The molecule has 0 radical (unpaired) electrons. The van der Waals surface area contributed by atoms with Gasteiger partial charge in [-0.2, -0.15) is 0 Å². The molecular formula is C50H96O6. The molecule has 3 atom stereocenters. The molecule has 0 amide bonds. The van der Waals surface area contributed by atoms with Gasteiger partial charge in [-0.05, 0) is 31.1 Å². The zero-order valence-electron chi connectivity index (χ0n) is 38.3. The first-order valence-electron chi connectivity index (χ1n) is 24.8. The highest BCUT2D eigenvalue weighted by Gasteiger charge is 2.19. The fraction of sp³-hybridized carbons (Fsp3) is 0.940. The summed E-state index contributed by atoms with van der Waals surface area (Å²) < 4.78 is 16.7. The van der Waals surface area contributed by atoms with Crippen molar-refractivity contribution in [1.82, 2.24) is 0 Å². The van der Waals surface area contributed by atoms with Crippen molar-refractivity contribution >= 4 is 17.9 Å². The standard InChI is InChI=1S/C50H96O6/c1-6-9-10-11-12-13-21-25-32-37-42-50(53)56-47(44-55-49(52)41-36-31-27-26-29-34-39-46(5)8-3)43-54-48(51)40-35-30-24-22-19-17-15-14-16-18-20-23-28-33-38-45(4)7-2/h45-47H,6-44H2,1-5H3/t45?,46?,47-/m1/s1. The molecular weight excluding hydrogens is 697 g/mol. The van der Waals surface area contributed by atoms with Crippen LogP contribution in [0.2, 0.25) is 0 Å². The molecule has 0 N–H and O–H groups in total. The fourth-order valence-electron chi connectivity index (χ4n) is 7.39. The van der Waals surface area contributed by atoms with Gasteiger partial charge in [0, 0.05) is 19.3 Å². The van der Waals surface area contributed by atoms with E-state index in [1.165, 1.54) is 161 Å². The number of ether oxygens (including phenoxy) is 3. The predicted molar refractivity (Wildman–Crippen MR) is 238 cm³/mol. The maximum Gasteiger partial charge on any atom is 0.306 e. The Morgan fingerprint density at radius 3 is 0.929 bits per heavy atom. The topological polar surface area (TPSA) is 78.9 Å². The van der Waals surface area contributed by atoms with E-state index in [4.69, 9.17) is 14.2 Å². The number of rotatable bonds is 44. The van der Waals surface area contributed by atoms with Crippen LogP contribution in [0.4, 0.5) is 0 Å². The lowest BCUT2D eigenvalue weighted by atomic mass is 9.99. The summed E-state index contributed by atoms with van der Waals surface area (Å²) in [6, 6.07) is 0. The van der Waals surface area contributed by atoms with Gasteiger partial charge in [0.25, 0.3) is 0 Å². The second-order valence-corrected chi connectivity index (χ2v) is 17.6. The summed E-state index contributed by atoms with van der Waals surface area (Å²) in [5, 5.41) is 0. The summed E-state index contributed by atoms with van der Waals surface area (Å²) >= 11 is 0. The average Bonchev–Trinajstić information content (AvgIpc) is 3.19. The van der Waals surface area contributed by atoms with Crippen LogP contribution in [0.3, 0.4) is 0 Å². The third-order valence-electron chi connectivity index (χ3n) is 11.9. The SMILES string of the molecule is CCCCCCCCCCCCC(=O)O[C@H](COC(=O)CCCCCCCCCCCCCCCCC(C)CC)COC(=O)CCCCCCCCC(C)CC. The molecule has 0 rings (SSSR count). The fourth-order valence-corrected chi connectivity index (χ4v) is 7.39. The van der Waals surface area contributed by atoms with Gasteiger partial charge >= 0.3 is 17.9 Å². The minimum absolute atomic E-state index is 0.0647. The molecule has 0 saturated heterocycles. The molecule has 0 spiro atoms. The molecule has 56 heavy (non-hydrogen) atoms. The third kappa shape index (κ3) is 40.6. The molecule has 0 aliphatic heterocycles. The van der Waals surface area contributed by atoms with Crippen molar-refractivity contribution in [3.8, 4) is 0 Å². The van der Waals surface area contributed by atoms with E-state index in [-0.39, 0.29) is 31.1 Å². The molecule has 0 aromatic rings. The number of carbonyl (C=O) groups excluding carboxylic acids is 3. The molecule has 6 nitrogen and oxygen atoms in total. The highest BCUT2D eigenvalue weighted by Crippen LogP contribution is 2.18. The second-order valence-electron chi connectivity index (χ2n) is 17.6. The van der Waals surface area contributed by atoms with Crippen molar-refractivity contribution in [1.29, 1.82) is 0 Å². The van der Waals surface area contributed by atoms with Crippen LogP contribution >= 0.6 is 0 Å². The molecule has 2 unspecified atom stereocenters. The van der Waals surface area contributed by atoms with Crippen molar-refractivity contribution in [3.63, 3.8) is 0 Å². The number of hydrogen-bond acceptors (Lipinski definition) is 6. The van der Waals surface area contributed by atoms with Crippen LogP contribution in [-0.2, 0) is 28.6 Å². The van der Waals surface area contributed by atoms with Crippen LogP contribution in [0.5, 0.6) is 0 Å². The molecule has 0 aromatic heterocycles.